The van der Waals surface area contributed by atoms with Crippen LogP contribution in [-0.4, -0.2) is 91.5 Å². The fourth-order valence-corrected chi connectivity index (χ4v) is 6.27. The standard InChI is InChI=1S/C39H49N5O6/c1-27(2)36-39(48)43(3)31(23-28-10-5-4-6-11-28)26-50-34-15-8-7-14-32(34)37(46)41-33(16-17-35(45)42-36)38(47)40-24-29-12-9-13-30(22-29)25-44-18-20-49-21-19-44/h4-15,22,27,31,33,36H,16-21,23-26H2,1-3H3,(H,40,47)(H,41,46)(H,42,45)/t31-,33+,36+/m1/s1. The number of rotatable bonds is 8. The Morgan fingerprint density at radius 1 is 0.900 bits per heavy atom. The molecule has 5 rings (SSSR count). The first-order chi connectivity index (χ1) is 24.2. The van der Waals surface area contributed by atoms with Crippen molar-refractivity contribution < 1.29 is 28.7 Å². The van der Waals surface area contributed by atoms with Gasteiger partial charge in [0.25, 0.3) is 5.91 Å². The highest BCUT2D eigenvalue weighted by molar-refractivity contribution is 5.99. The molecule has 11 heteroatoms. The fraction of sp³-hybridized carbons (Fsp3) is 0.436. The number of likely N-dealkylation sites (N-methyl/N-ethyl adjacent to an activating group) is 1. The number of amides is 4. The minimum absolute atomic E-state index is 0.0367. The van der Waals surface area contributed by atoms with Crippen LogP contribution in [0, 0.1) is 5.92 Å². The van der Waals surface area contributed by atoms with Crippen LogP contribution in [0.1, 0.15) is 53.7 Å². The van der Waals surface area contributed by atoms with Gasteiger partial charge in [0.1, 0.15) is 24.4 Å². The summed E-state index contributed by atoms with van der Waals surface area (Å²) < 4.78 is 11.7. The van der Waals surface area contributed by atoms with Crippen LogP contribution in [0.3, 0.4) is 0 Å². The van der Waals surface area contributed by atoms with Crippen molar-refractivity contribution in [1.29, 1.82) is 0 Å². The van der Waals surface area contributed by atoms with Gasteiger partial charge < -0.3 is 30.3 Å². The van der Waals surface area contributed by atoms with Crippen LogP contribution < -0.4 is 20.7 Å². The number of carbonyl (C=O) groups is 4. The van der Waals surface area contributed by atoms with E-state index in [2.05, 4.69) is 33.0 Å². The van der Waals surface area contributed by atoms with E-state index in [4.69, 9.17) is 9.47 Å². The molecule has 50 heavy (non-hydrogen) atoms. The number of hydrogen-bond acceptors (Lipinski definition) is 7. The Morgan fingerprint density at radius 3 is 2.36 bits per heavy atom. The van der Waals surface area contributed by atoms with E-state index in [9.17, 15) is 19.2 Å². The van der Waals surface area contributed by atoms with Crippen molar-refractivity contribution in [3.63, 3.8) is 0 Å². The Balaban J connectivity index is 1.35. The van der Waals surface area contributed by atoms with Crippen molar-refractivity contribution in [2.24, 2.45) is 5.92 Å². The van der Waals surface area contributed by atoms with Gasteiger partial charge in [-0.1, -0.05) is 80.6 Å². The number of benzene rings is 3. The molecule has 0 aromatic heterocycles. The maximum atomic E-state index is 13.9. The molecule has 2 aliphatic heterocycles. The largest absolute Gasteiger partial charge is 0.491 e. The zero-order chi connectivity index (χ0) is 35.5. The third-order valence-corrected chi connectivity index (χ3v) is 9.27. The second-order valence-electron chi connectivity index (χ2n) is 13.4. The lowest BCUT2D eigenvalue weighted by molar-refractivity contribution is -0.139. The number of fused-ring (bicyclic) bond motifs is 1. The van der Waals surface area contributed by atoms with E-state index in [1.54, 1.807) is 36.2 Å². The monoisotopic (exact) mass is 683 g/mol. The molecular formula is C39H49N5O6. The molecule has 3 aromatic carbocycles. The highest BCUT2D eigenvalue weighted by atomic mass is 16.5. The van der Waals surface area contributed by atoms with Crippen LogP contribution in [0.4, 0.5) is 0 Å². The van der Waals surface area contributed by atoms with Gasteiger partial charge in [0.15, 0.2) is 0 Å². The van der Waals surface area contributed by atoms with E-state index in [1.165, 1.54) is 0 Å². The number of carbonyl (C=O) groups excluding carboxylic acids is 4. The van der Waals surface area contributed by atoms with E-state index in [0.29, 0.717) is 12.2 Å². The summed E-state index contributed by atoms with van der Waals surface area (Å²) >= 11 is 0. The molecule has 0 saturated carbocycles. The molecule has 0 aliphatic carbocycles. The summed E-state index contributed by atoms with van der Waals surface area (Å²) in [7, 11) is 1.72. The van der Waals surface area contributed by atoms with Crippen LogP contribution in [-0.2, 0) is 38.6 Å². The van der Waals surface area contributed by atoms with E-state index >= 15 is 0 Å². The van der Waals surface area contributed by atoms with Crippen molar-refractivity contribution in [1.82, 2.24) is 25.8 Å². The van der Waals surface area contributed by atoms with Gasteiger partial charge in [-0.05, 0) is 47.6 Å². The molecule has 0 spiro atoms. The zero-order valence-corrected chi connectivity index (χ0v) is 29.2. The molecule has 2 heterocycles. The molecule has 0 unspecified atom stereocenters. The Hall–Kier alpha value is -4.74. The number of para-hydroxylation sites is 1. The Kier molecular flexibility index (Phi) is 13.0. The maximum Gasteiger partial charge on any atom is 0.255 e. The Bertz CT molecular complexity index is 1610. The van der Waals surface area contributed by atoms with Crippen LogP contribution >= 0.6 is 0 Å². The molecule has 3 N–H and O–H groups in total. The zero-order valence-electron chi connectivity index (χ0n) is 29.2. The number of nitrogens with zero attached hydrogens (tertiary/aromatic N) is 2. The van der Waals surface area contributed by atoms with Crippen molar-refractivity contribution >= 4 is 23.6 Å². The van der Waals surface area contributed by atoms with E-state index in [0.717, 1.165) is 49.5 Å². The predicted octanol–water partition coefficient (Wildman–Crippen LogP) is 3.32. The van der Waals surface area contributed by atoms with Crippen molar-refractivity contribution in [2.45, 2.75) is 64.3 Å². The van der Waals surface area contributed by atoms with E-state index < -0.39 is 29.9 Å². The summed E-state index contributed by atoms with van der Waals surface area (Å²) in [6, 6.07) is 22.5. The molecule has 2 aliphatic rings. The number of nitrogens with one attached hydrogen (secondary N) is 3. The maximum absolute atomic E-state index is 13.9. The first kappa shape index (κ1) is 36.5. The van der Waals surface area contributed by atoms with Gasteiger partial charge in [0.2, 0.25) is 17.7 Å². The summed E-state index contributed by atoms with van der Waals surface area (Å²) in [5.41, 5.74) is 3.34. The van der Waals surface area contributed by atoms with Gasteiger partial charge in [-0.3, -0.25) is 24.1 Å². The van der Waals surface area contributed by atoms with E-state index in [-0.39, 0.29) is 49.3 Å². The Morgan fingerprint density at radius 2 is 1.60 bits per heavy atom. The molecule has 1 fully saturated rings. The molecule has 4 amide bonds. The molecule has 266 valence electrons. The minimum Gasteiger partial charge on any atom is -0.491 e. The molecule has 1 saturated heterocycles. The quantitative estimate of drug-likeness (QED) is 0.333. The SMILES string of the molecule is CC(C)[C@@H]1NC(=O)CC[C@@H](C(=O)NCc2cccc(CN3CCOCC3)c2)NC(=O)c2ccccc2OC[C@@H](Cc2ccccc2)N(C)C1=O. The van der Waals surface area contributed by atoms with Gasteiger partial charge in [-0.25, -0.2) is 0 Å². The summed E-state index contributed by atoms with van der Waals surface area (Å²) in [5, 5.41) is 8.73. The molecule has 3 aromatic rings. The number of morpholine rings is 1. The van der Waals surface area contributed by atoms with Crippen molar-refractivity contribution in [3.05, 3.63) is 101 Å². The normalized spacial score (nSPS) is 21.2. The van der Waals surface area contributed by atoms with Crippen molar-refractivity contribution in [2.75, 3.05) is 40.0 Å². The minimum atomic E-state index is -1.01. The van der Waals surface area contributed by atoms with Gasteiger partial charge in [0.05, 0.1) is 24.8 Å². The third kappa shape index (κ3) is 10.1. The van der Waals surface area contributed by atoms with Gasteiger partial charge in [-0.15, -0.1) is 0 Å². The smallest absolute Gasteiger partial charge is 0.255 e. The first-order valence-electron chi connectivity index (χ1n) is 17.5. The lowest BCUT2D eigenvalue weighted by Gasteiger charge is -2.33. The second-order valence-corrected chi connectivity index (χ2v) is 13.4. The fourth-order valence-electron chi connectivity index (χ4n) is 6.27. The van der Waals surface area contributed by atoms with Crippen LogP contribution in [0.5, 0.6) is 5.75 Å². The van der Waals surface area contributed by atoms with Gasteiger partial charge >= 0.3 is 0 Å². The Labute approximate surface area is 294 Å². The van der Waals surface area contributed by atoms with Crippen molar-refractivity contribution in [3.8, 4) is 5.75 Å². The average molecular weight is 684 g/mol. The third-order valence-electron chi connectivity index (χ3n) is 9.27. The second kappa shape index (κ2) is 17.8. The topological polar surface area (TPSA) is 129 Å². The lowest BCUT2D eigenvalue weighted by atomic mass is 9.99. The highest BCUT2D eigenvalue weighted by Crippen LogP contribution is 2.21. The van der Waals surface area contributed by atoms with Crippen LogP contribution in [0.2, 0.25) is 0 Å². The summed E-state index contributed by atoms with van der Waals surface area (Å²) in [4.78, 5) is 58.6. The van der Waals surface area contributed by atoms with Crippen LogP contribution in [0.25, 0.3) is 0 Å². The molecule has 0 radical (unpaired) electrons. The summed E-state index contributed by atoms with van der Waals surface area (Å²) in [6.45, 7) is 8.12. The summed E-state index contributed by atoms with van der Waals surface area (Å²) in [6.07, 6.45) is 0.475. The lowest BCUT2D eigenvalue weighted by Crippen LogP contribution is -2.54. The molecule has 3 atom stereocenters. The molecule has 11 nitrogen and oxygen atoms in total. The number of hydrogen-bond donors (Lipinski definition) is 3. The van der Waals surface area contributed by atoms with E-state index in [1.807, 2.05) is 56.3 Å². The first-order valence-corrected chi connectivity index (χ1v) is 17.5. The average Bonchev–Trinajstić information content (AvgIpc) is 3.13. The summed E-state index contributed by atoms with van der Waals surface area (Å²) in [5.74, 6) is -1.37. The molecular weight excluding hydrogens is 634 g/mol. The molecule has 0 bridgehead atoms. The predicted molar refractivity (Wildman–Crippen MR) is 190 cm³/mol. The highest BCUT2D eigenvalue weighted by Gasteiger charge is 2.32. The van der Waals surface area contributed by atoms with Gasteiger partial charge in [0, 0.05) is 39.6 Å². The van der Waals surface area contributed by atoms with Crippen LogP contribution in [0.15, 0.2) is 78.9 Å². The van der Waals surface area contributed by atoms with Gasteiger partial charge in [-0.2, -0.15) is 0 Å². The number of ether oxygens (including phenoxy) is 2.